The number of nitrogens with one attached hydrogen (secondary N) is 1. The van der Waals surface area contributed by atoms with Crippen LogP contribution in [0.3, 0.4) is 0 Å². The molecule has 0 bridgehead atoms. The summed E-state index contributed by atoms with van der Waals surface area (Å²) in [5.41, 5.74) is 3.53. The number of rotatable bonds is 11. The topological polar surface area (TPSA) is 78.9 Å². The summed E-state index contributed by atoms with van der Waals surface area (Å²) in [6, 6.07) is 28.2. The first-order valence-electron chi connectivity index (χ1n) is 12.1. The number of nitrogens with zero attached hydrogens (tertiary/aromatic N) is 1. The van der Waals surface area contributed by atoms with Crippen LogP contribution in [0.15, 0.2) is 95.5 Å². The van der Waals surface area contributed by atoms with Crippen LogP contribution in [0.5, 0.6) is 11.5 Å². The molecule has 0 aliphatic rings. The monoisotopic (exact) mass is 626 g/mol. The van der Waals surface area contributed by atoms with E-state index in [1.165, 1.54) is 0 Å². The number of carboxylic acids is 1. The minimum absolute atomic E-state index is 0.0748. The summed E-state index contributed by atoms with van der Waals surface area (Å²) < 4.78 is 7.02. The molecular weight excluding hydrogens is 603 g/mol. The molecule has 2 N–H and O–H groups in total. The summed E-state index contributed by atoms with van der Waals surface area (Å²) in [5, 5.41) is 12.4. The van der Waals surface area contributed by atoms with Gasteiger partial charge in [-0.2, -0.15) is 0 Å². The van der Waals surface area contributed by atoms with Gasteiger partial charge in [-0.05, 0) is 77.9 Å². The lowest BCUT2D eigenvalue weighted by Gasteiger charge is -2.26. The molecule has 0 heterocycles. The molecule has 0 aliphatic carbocycles. The van der Waals surface area contributed by atoms with Gasteiger partial charge < -0.3 is 20.1 Å². The van der Waals surface area contributed by atoms with Crippen LogP contribution in [-0.4, -0.2) is 23.5 Å². The third-order valence-corrected chi connectivity index (χ3v) is 6.71. The van der Waals surface area contributed by atoms with Gasteiger partial charge in [-0.1, -0.05) is 63.4 Å². The number of carbonyl (C=O) groups excluding carboxylic acids is 1. The summed E-state index contributed by atoms with van der Waals surface area (Å²) in [5.74, 6) is -0.0651. The van der Waals surface area contributed by atoms with Gasteiger partial charge in [0.05, 0.1) is 6.42 Å². The first-order chi connectivity index (χ1) is 18.7. The highest BCUT2D eigenvalue weighted by Crippen LogP contribution is 2.30. The summed E-state index contributed by atoms with van der Waals surface area (Å²) in [4.78, 5) is 25.3. The summed E-state index contributed by atoms with van der Waals surface area (Å²) in [6.45, 7) is 1.28. The Labute approximate surface area is 245 Å². The largest absolute Gasteiger partial charge is 0.481 e. The van der Waals surface area contributed by atoms with Crippen LogP contribution < -0.4 is 15.0 Å². The van der Waals surface area contributed by atoms with Crippen molar-refractivity contribution in [3.8, 4) is 11.5 Å². The molecule has 6 nitrogen and oxygen atoms in total. The molecule has 9 heteroatoms. The number of benzene rings is 4. The van der Waals surface area contributed by atoms with Gasteiger partial charge in [0.25, 0.3) is 5.91 Å². The molecule has 0 fully saturated rings. The van der Waals surface area contributed by atoms with E-state index in [1.54, 1.807) is 30.3 Å². The fourth-order valence-electron chi connectivity index (χ4n) is 3.91. The molecule has 1 amide bonds. The second kappa shape index (κ2) is 13.5. The van der Waals surface area contributed by atoms with Crippen LogP contribution in [-0.2, 0) is 17.9 Å². The van der Waals surface area contributed by atoms with E-state index in [9.17, 15) is 9.59 Å². The highest BCUT2D eigenvalue weighted by molar-refractivity contribution is 9.10. The van der Waals surface area contributed by atoms with Crippen LogP contribution >= 0.6 is 39.1 Å². The zero-order valence-electron chi connectivity index (χ0n) is 20.7. The number of hydrogen-bond donors (Lipinski definition) is 2. The lowest BCUT2D eigenvalue weighted by Crippen LogP contribution is -2.26. The molecule has 4 rings (SSSR count). The van der Waals surface area contributed by atoms with Gasteiger partial charge in [-0.3, -0.25) is 9.59 Å². The standard InChI is InChI=1S/C30H25BrCl2N2O4/c31-23-8-4-20(5-9-23)18-35(26-10-6-22(7-11-26)30(38)34-13-12-29(36)37)19-21-2-1-3-27(14-21)39-28-16-24(32)15-25(33)17-28/h1-11,14-17H,12-13,18-19H2,(H,34,38)(H,36,37). The van der Waals surface area contributed by atoms with E-state index in [2.05, 4.69) is 38.3 Å². The van der Waals surface area contributed by atoms with E-state index in [4.69, 9.17) is 33.0 Å². The predicted octanol–water partition coefficient (Wildman–Crippen LogP) is 7.96. The molecule has 0 spiro atoms. The molecule has 0 unspecified atom stereocenters. The summed E-state index contributed by atoms with van der Waals surface area (Å²) in [7, 11) is 0. The van der Waals surface area contributed by atoms with Crippen LogP contribution in [0, 0.1) is 0 Å². The Kier molecular flexibility index (Phi) is 9.87. The molecule has 200 valence electrons. The smallest absolute Gasteiger partial charge is 0.305 e. The van der Waals surface area contributed by atoms with Crippen LogP contribution in [0.1, 0.15) is 27.9 Å². The number of anilines is 1. The molecular formula is C30H25BrCl2N2O4. The van der Waals surface area contributed by atoms with Crippen molar-refractivity contribution in [1.82, 2.24) is 5.32 Å². The Bertz CT molecular complexity index is 1430. The predicted molar refractivity (Wildman–Crippen MR) is 158 cm³/mol. The second-order valence-electron chi connectivity index (χ2n) is 8.78. The Balaban J connectivity index is 1.54. The third-order valence-electron chi connectivity index (χ3n) is 5.75. The fraction of sp³-hybridized carbons (Fsp3) is 0.133. The van der Waals surface area contributed by atoms with Gasteiger partial charge in [-0.15, -0.1) is 0 Å². The van der Waals surface area contributed by atoms with E-state index in [1.807, 2.05) is 48.5 Å². The molecule has 0 aromatic heterocycles. The van der Waals surface area contributed by atoms with Gasteiger partial charge in [0, 0.05) is 45.4 Å². The second-order valence-corrected chi connectivity index (χ2v) is 10.6. The zero-order valence-corrected chi connectivity index (χ0v) is 23.8. The van der Waals surface area contributed by atoms with Gasteiger partial charge in [0.1, 0.15) is 11.5 Å². The molecule has 4 aromatic carbocycles. The normalized spacial score (nSPS) is 10.6. The fourth-order valence-corrected chi connectivity index (χ4v) is 4.68. The number of amides is 1. The quantitative estimate of drug-likeness (QED) is 0.176. The van der Waals surface area contributed by atoms with Gasteiger partial charge >= 0.3 is 5.97 Å². The number of halogens is 3. The maximum absolute atomic E-state index is 12.4. The van der Waals surface area contributed by atoms with Crippen molar-refractivity contribution >= 4 is 56.7 Å². The van der Waals surface area contributed by atoms with Crippen molar-refractivity contribution in [2.45, 2.75) is 19.5 Å². The number of carboxylic acid groups (broad SMARTS) is 1. The number of aliphatic carboxylic acids is 1. The molecule has 0 saturated heterocycles. The van der Waals surface area contributed by atoms with E-state index in [-0.39, 0.29) is 18.9 Å². The minimum Gasteiger partial charge on any atom is -0.481 e. The SMILES string of the molecule is O=C(O)CCNC(=O)c1ccc(N(Cc2ccc(Br)cc2)Cc2cccc(Oc3cc(Cl)cc(Cl)c3)c2)cc1. The molecule has 39 heavy (non-hydrogen) atoms. The maximum atomic E-state index is 12.4. The number of hydrogen-bond acceptors (Lipinski definition) is 4. The number of carbonyl (C=O) groups is 2. The minimum atomic E-state index is -0.958. The Morgan fingerprint density at radius 1 is 0.821 bits per heavy atom. The van der Waals surface area contributed by atoms with Crippen LogP contribution in [0.25, 0.3) is 0 Å². The molecule has 0 aliphatic heterocycles. The van der Waals surface area contributed by atoms with E-state index < -0.39 is 5.97 Å². The summed E-state index contributed by atoms with van der Waals surface area (Å²) >= 11 is 15.7. The lowest BCUT2D eigenvalue weighted by atomic mass is 10.1. The van der Waals surface area contributed by atoms with Crippen LogP contribution in [0.2, 0.25) is 10.0 Å². The average molecular weight is 628 g/mol. The van der Waals surface area contributed by atoms with Gasteiger partial charge in [0.2, 0.25) is 0 Å². The van der Waals surface area contributed by atoms with E-state index in [0.717, 1.165) is 21.3 Å². The van der Waals surface area contributed by atoms with E-state index in [0.29, 0.717) is 40.2 Å². The first-order valence-corrected chi connectivity index (χ1v) is 13.6. The Hall–Kier alpha value is -3.52. The van der Waals surface area contributed by atoms with Crippen molar-refractivity contribution in [3.63, 3.8) is 0 Å². The lowest BCUT2D eigenvalue weighted by molar-refractivity contribution is -0.136. The summed E-state index contributed by atoms with van der Waals surface area (Å²) in [6.07, 6.45) is -0.127. The maximum Gasteiger partial charge on any atom is 0.305 e. The van der Waals surface area contributed by atoms with Crippen molar-refractivity contribution < 1.29 is 19.4 Å². The van der Waals surface area contributed by atoms with Crippen molar-refractivity contribution in [2.24, 2.45) is 0 Å². The van der Waals surface area contributed by atoms with Crippen molar-refractivity contribution in [1.29, 1.82) is 0 Å². The van der Waals surface area contributed by atoms with E-state index >= 15 is 0 Å². The van der Waals surface area contributed by atoms with Crippen molar-refractivity contribution in [2.75, 3.05) is 11.4 Å². The van der Waals surface area contributed by atoms with Gasteiger partial charge in [0.15, 0.2) is 0 Å². The highest BCUT2D eigenvalue weighted by Gasteiger charge is 2.12. The van der Waals surface area contributed by atoms with Crippen LogP contribution in [0.4, 0.5) is 5.69 Å². The third kappa shape index (κ3) is 8.75. The Morgan fingerprint density at radius 2 is 1.49 bits per heavy atom. The molecule has 0 radical (unpaired) electrons. The average Bonchev–Trinajstić information content (AvgIpc) is 2.89. The first kappa shape index (κ1) is 28.5. The molecule has 0 atom stereocenters. The highest BCUT2D eigenvalue weighted by atomic mass is 79.9. The molecule has 4 aromatic rings. The number of ether oxygens (including phenoxy) is 1. The van der Waals surface area contributed by atoms with Crippen molar-refractivity contribution in [3.05, 3.63) is 122 Å². The molecule has 0 saturated carbocycles. The Morgan fingerprint density at radius 3 is 2.15 bits per heavy atom. The van der Waals surface area contributed by atoms with Gasteiger partial charge in [-0.25, -0.2) is 0 Å². The zero-order chi connectivity index (χ0) is 27.8.